The molecule has 4 rings (SSSR count). The molecule has 1 aromatic heterocycles. The van der Waals surface area contributed by atoms with Crippen molar-refractivity contribution in [2.75, 3.05) is 6.54 Å². The number of amides is 1. The molecule has 0 radical (unpaired) electrons. The van der Waals surface area contributed by atoms with E-state index in [2.05, 4.69) is 54.4 Å². The van der Waals surface area contributed by atoms with Crippen LogP contribution in [0.25, 0.3) is 11.0 Å². The fourth-order valence-electron chi connectivity index (χ4n) is 4.52. The molecule has 0 spiro atoms. The number of piperidine rings is 1. The fraction of sp³-hybridized carbons (Fsp3) is 0.423. The van der Waals surface area contributed by atoms with E-state index in [9.17, 15) is 4.79 Å². The predicted octanol–water partition coefficient (Wildman–Crippen LogP) is 5.56. The Hall–Kier alpha value is -2.59. The molecule has 3 aromatic rings. The second-order valence-corrected chi connectivity index (χ2v) is 8.50. The van der Waals surface area contributed by atoms with Gasteiger partial charge in [0.05, 0.1) is 5.56 Å². The van der Waals surface area contributed by atoms with Gasteiger partial charge < -0.3 is 9.73 Å². The van der Waals surface area contributed by atoms with E-state index in [-0.39, 0.29) is 11.9 Å². The van der Waals surface area contributed by atoms with Crippen LogP contribution in [0.1, 0.15) is 61.2 Å². The number of rotatable bonds is 7. The van der Waals surface area contributed by atoms with Crippen LogP contribution in [0.5, 0.6) is 0 Å². The van der Waals surface area contributed by atoms with E-state index in [1.807, 2.05) is 24.3 Å². The Labute approximate surface area is 179 Å². The summed E-state index contributed by atoms with van der Waals surface area (Å²) >= 11 is 0. The molecule has 1 amide bonds. The van der Waals surface area contributed by atoms with Crippen LogP contribution < -0.4 is 5.32 Å². The monoisotopic (exact) mass is 404 g/mol. The Kier molecular flexibility index (Phi) is 6.53. The van der Waals surface area contributed by atoms with Crippen molar-refractivity contribution in [3.63, 3.8) is 0 Å². The Balaban J connectivity index is 1.43. The average Bonchev–Trinajstić information content (AvgIpc) is 3.13. The van der Waals surface area contributed by atoms with Gasteiger partial charge in [0.15, 0.2) is 0 Å². The largest absolute Gasteiger partial charge is 0.460 e. The third-order valence-corrected chi connectivity index (χ3v) is 6.23. The zero-order valence-electron chi connectivity index (χ0n) is 18.1. The summed E-state index contributed by atoms with van der Waals surface area (Å²) in [7, 11) is 0. The third kappa shape index (κ3) is 4.59. The van der Waals surface area contributed by atoms with Crippen LogP contribution in [0.4, 0.5) is 0 Å². The van der Waals surface area contributed by atoms with Crippen molar-refractivity contribution in [1.29, 1.82) is 0 Å². The van der Waals surface area contributed by atoms with Crippen LogP contribution in [0.3, 0.4) is 0 Å². The quantitative estimate of drug-likeness (QED) is 0.561. The van der Waals surface area contributed by atoms with Crippen molar-refractivity contribution in [2.24, 2.45) is 0 Å². The molecule has 0 bridgehead atoms. The summed E-state index contributed by atoms with van der Waals surface area (Å²) in [5.41, 5.74) is 2.88. The highest BCUT2D eigenvalue weighted by Crippen LogP contribution is 2.28. The van der Waals surface area contributed by atoms with Crippen LogP contribution in [-0.2, 0) is 13.0 Å². The van der Waals surface area contributed by atoms with E-state index in [4.69, 9.17) is 4.42 Å². The molecule has 2 atom stereocenters. The Bertz CT molecular complexity index is 979. The van der Waals surface area contributed by atoms with Crippen LogP contribution in [-0.4, -0.2) is 29.4 Å². The minimum atomic E-state index is 0.0137. The number of benzene rings is 2. The summed E-state index contributed by atoms with van der Waals surface area (Å²) in [6.07, 6.45) is 4.85. The number of aryl methyl sites for hydroxylation is 1. The van der Waals surface area contributed by atoms with E-state index in [0.29, 0.717) is 6.04 Å². The van der Waals surface area contributed by atoms with Gasteiger partial charge in [-0.2, -0.15) is 0 Å². The summed E-state index contributed by atoms with van der Waals surface area (Å²) in [6.45, 7) is 6.39. The molecule has 1 N–H and O–H groups in total. The Morgan fingerprint density at radius 1 is 1.13 bits per heavy atom. The molecule has 1 saturated heterocycles. The maximum atomic E-state index is 13.3. The van der Waals surface area contributed by atoms with Gasteiger partial charge in [-0.05, 0) is 37.8 Å². The molecule has 30 heavy (non-hydrogen) atoms. The van der Waals surface area contributed by atoms with Crippen LogP contribution in [0.15, 0.2) is 59.0 Å². The van der Waals surface area contributed by atoms with Gasteiger partial charge in [-0.1, -0.05) is 61.9 Å². The molecule has 4 heteroatoms. The van der Waals surface area contributed by atoms with Crippen LogP contribution in [0, 0.1) is 0 Å². The summed E-state index contributed by atoms with van der Waals surface area (Å²) in [5, 5.41) is 4.25. The van der Waals surface area contributed by atoms with E-state index < -0.39 is 0 Å². The highest BCUT2D eigenvalue weighted by molar-refractivity contribution is 6.07. The van der Waals surface area contributed by atoms with Crippen molar-refractivity contribution < 1.29 is 9.21 Å². The summed E-state index contributed by atoms with van der Waals surface area (Å²) < 4.78 is 6.05. The van der Waals surface area contributed by atoms with Crippen molar-refractivity contribution in [3.05, 3.63) is 71.5 Å². The van der Waals surface area contributed by atoms with Gasteiger partial charge in [-0.3, -0.25) is 9.69 Å². The second kappa shape index (κ2) is 9.48. The lowest BCUT2D eigenvalue weighted by Crippen LogP contribution is -2.48. The molecule has 0 saturated carbocycles. The standard InChI is InChI=1S/C26H32N2O2/c1-3-4-13-24-25(22-12-8-9-14-23(22)30-24)26(29)27-21-15-16-28(19(2)17-21)18-20-10-6-5-7-11-20/h5-12,14,19,21H,3-4,13,15-18H2,1-2H3,(H,27,29). The van der Waals surface area contributed by atoms with Gasteiger partial charge in [0.25, 0.3) is 5.91 Å². The molecule has 1 aliphatic rings. The zero-order chi connectivity index (χ0) is 20.9. The van der Waals surface area contributed by atoms with Crippen molar-refractivity contribution in [2.45, 2.75) is 64.6 Å². The summed E-state index contributed by atoms with van der Waals surface area (Å²) in [6, 6.07) is 19.1. The van der Waals surface area contributed by atoms with Crippen molar-refractivity contribution >= 4 is 16.9 Å². The number of nitrogens with one attached hydrogen (secondary N) is 1. The van der Waals surface area contributed by atoms with Crippen LogP contribution in [0.2, 0.25) is 0 Å². The van der Waals surface area contributed by atoms with E-state index >= 15 is 0 Å². The van der Waals surface area contributed by atoms with Crippen molar-refractivity contribution in [3.8, 4) is 0 Å². The lowest BCUT2D eigenvalue weighted by atomic mass is 9.96. The molecule has 158 valence electrons. The highest BCUT2D eigenvalue weighted by Gasteiger charge is 2.28. The molecule has 1 aliphatic heterocycles. The normalized spacial score (nSPS) is 19.8. The molecule has 2 aromatic carbocycles. The maximum Gasteiger partial charge on any atom is 0.255 e. The fourth-order valence-corrected chi connectivity index (χ4v) is 4.52. The van der Waals surface area contributed by atoms with Gasteiger partial charge in [-0.15, -0.1) is 0 Å². The van der Waals surface area contributed by atoms with Gasteiger partial charge in [0, 0.05) is 37.0 Å². The molecular formula is C26H32N2O2. The number of para-hydroxylation sites is 1. The molecule has 4 nitrogen and oxygen atoms in total. The third-order valence-electron chi connectivity index (χ3n) is 6.23. The van der Waals surface area contributed by atoms with E-state index in [1.54, 1.807) is 0 Å². The number of nitrogens with zero attached hydrogens (tertiary/aromatic N) is 1. The predicted molar refractivity (Wildman–Crippen MR) is 122 cm³/mol. The molecule has 2 heterocycles. The number of hydrogen-bond donors (Lipinski definition) is 1. The molecule has 0 aliphatic carbocycles. The molecular weight excluding hydrogens is 372 g/mol. The molecule has 2 unspecified atom stereocenters. The number of hydrogen-bond acceptors (Lipinski definition) is 3. The maximum absolute atomic E-state index is 13.3. The number of carbonyl (C=O) groups is 1. The Morgan fingerprint density at radius 3 is 2.67 bits per heavy atom. The number of furan rings is 1. The number of unbranched alkanes of at least 4 members (excludes halogenated alkanes) is 1. The minimum Gasteiger partial charge on any atom is -0.460 e. The first-order valence-corrected chi connectivity index (χ1v) is 11.2. The SMILES string of the molecule is CCCCc1oc2ccccc2c1C(=O)NC1CCN(Cc2ccccc2)C(C)C1. The zero-order valence-corrected chi connectivity index (χ0v) is 18.1. The summed E-state index contributed by atoms with van der Waals surface area (Å²) in [4.78, 5) is 15.8. The average molecular weight is 405 g/mol. The number of carbonyl (C=O) groups excluding carboxylic acids is 1. The second-order valence-electron chi connectivity index (χ2n) is 8.50. The first-order valence-electron chi connectivity index (χ1n) is 11.2. The van der Waals surface area contributed by atoms with Gasteiger partial charge in [-0.25, -0.2) is 0 Å². The highest BCUT2D eigenvalue weighted by atomic mass is 16.3. The lowest BCUT2D eigenvalue weighted by Gasteiger charge is -2.38. The van der Waals surface area contributed by atoms with E-state index in [1.165, 1.54) is 5.56 Å². The van der Waals surface area contributed by atoms with Crippen LogP contribution >= 0.6 is 0 Å². The first kappa shape index (κ1) is 20.7. The molecule has 1 fully saturated rings. The number of fused-ring (bicyclic) bond motifs is 1. The Morgan fingerprint density at radius 2 is 1.90 bits per heavy atom. The van der Waals surface area contributed by atoms with Gasteiger partial charge in [0.1, 0.15) is 11.3 Å². The van der Waals surface area contributed by atoms with Gasteiger partial charge >= 0.3 is 0 Å². The lowest BCUT2D eigenvalue weighted by molar-refractivity contribution is 0.0866. The summed E-state index contributed by atoms with van der Waals surface area (Å²) in [5.74, 6) is 0.838. The topological polar surface area (TPSA) is 45.5 Å². The van der Waals surface area contributed by atoms with Crippen molar-refractivity contribution in [1.82, 2.24) is 10.2 Å². The smallest absolute Gasteiger partial charge is 0.255 e. The number of likely N-dealkylation sites (tertiary alicyclic amines) is 1. The van der Waals surface area contributed by atoms with E-state index in [0.717, 1.165) is 67.5 Å². The first-order chi connectivity index (χ1) is 14.7. The minimum absolute atomic E-state index is 0.0137. The van der Waals surface area contributed by atoms with Gasteiger partial charge in [0.2, 0.25) is 0 Å².